The van der Waals surface area contributed by atoms with Crippen molar-refractivity contribution in [2.75, 3.05) is 31.1 Å². The summed E-state index contributed by atoms with van der Waals surface area (Å²) in [7, 11) is 0. The molecule has 28 heavy (non-hydrogen) atoms. The van der Waals surface area contributed by atoms with E-state index in [2.05, 4.69) is 0 Å². The maximum absolute atomic E-state index is 12.4. The van der Waals surface area contributed by atoms with Crippen molar-refractivity contribution in [2.45, 2.75) is 39.2 Å². The van der Waals surface area contributed by atoms with Crippen LogP contribution in [0.5, 0.6) is 5.75 Å². The number of carbonyl (C=O) groups is 3. The van der Waals surface area contributed by atoms with E-state index in [9.17, 15) is 19.5 Å². The second-order valence-electron chi connectivity index (χ2n) is 8.19. The molecule has 0 radical (unpaired) electrons. The van der Waals surface area contributed by atoms with E-state index in [1.54, 1.807) is 15.9 Å². The summed E-state index contributed by atoms with van der Waals surface area (Å²) in [5.74, 6) is -0.520. The number of benzene rings is 1. The highest BCUT2D eigenvalue weighted by atomic mass is 16.6. The third-order valence-electron chi connectivity index (χ3n) is 4.86. The van der Waals surface area contributed by atoms with Gasteiger partial charge < -0.3 is 24.4 Å². The van der Waals surface area contributed by atoms with Crippen LogP contribution in [0.1, 0.15) is 44.0 Å². The highest BCUT2D eigenvalue weighted by Crippen LogP contribution is 2.34. The van der Waals surface area contributed by atoms with Crippen LogP contribution < -0.4 is 9.64 Å². The van der Waals surface area contributed by atoms with Crippen molar-refractivity contribution in [1.82, 2.24) is 4.90 Å². The van der Waals surface area contributed by atoms with Gasteiger partial charge in [0.15, 0.2) is 6.61 Å². The second-order valence-corrected chi connectivity index (χ2v) is 8.19. The molecule has 152 valence electrons. The van der Waals surface area contributed by atoms with E-state index >= 15 is 0 Å². The normalized spacial score (nSPS) is 17.8. The van der Waals surface area contributed by atoms with Gasteiger partial charge >= 0.3 is 12.1 Å². The van der Waals surface area contributed by atoms with Gasteiger partial charge in [0.1, 0.15) is 11.4 Å². The molecule has 1 aromatic carbocycles. The first kappa shape index (κ1) is 20.0. The first-order valence-corrected chi connectivity index (χ1v) is 9.42. The predicted molar refractivity (Wildman–Crippen MR) is 102 cm³/mol. The number of likely N-dealkylation sites (tertiary alicyclic amines) is 1. The summed E-state index contributed by atoms with van der Waals surface area (Å²) < 4.78 is 10.8. The maximum atomic E-state index is 12.4. The molecule has 0 unspecified atom stereocenters. The quantitative estimate of drug-likeness (QED) is 0.852. The fourth-order valence-electron chi connectivity index (χ4n) is 3.42. The molecule has 2 aliphatic rings. The van der Waals surface area contributed by atoms with Crippen LogP contribution in [0.3, 0.4) is 0 Å². The minimum Gasteiger partial charge on any atom is -0.482 e. The first-order chi connectivity index (χ1) is 13.1. The number of hydrogen-bond donors (Lipinski definition) is 1. The molecule has 0 bridgehead atoms. The number of hydrogen-bond acceptors (Lipinski definition) is 5. The Kier molecular flexibility index (Phi) is 5.49. The number of carboxylic acids is 1. The molecule has 2 amide bonds. The number of aromatic carboxylic acids is 1. The molecule has 3 rings (SSSR count). The number of fused-ring (bicyclic) bond motifs is 1. The SMILES string of the molecule is CC(C)(C)OC(=O)N1CCC(CN2C(=O)COc3ccc(C(=O)O)cc32)CC1. The molecule has 8 heteroatoms. The molecule has 2 heterocycles. The van der Waals surface area contributed by atoms with Gasteiger partial charge in [0.2, 0.25) is 0 Å². The van der Waals surface area contributed by atoms with Crippen molar-refractivity contribution >= 4 is 23.7 Å². The summed E-state index contributed by atoms with van der Waals surface area (Å²) in [6, 6.07) is 4.53. The van der Waals surface area contributed by atoms with E-state index in [1.165, 1.54) is 12.1 Å². The summed E-state index contributed by atoms with van der Waals surface area (Å²) >= 11 is 0. The van der Waals surface area contributed by atoms with Crippen LogP contribution >= 0.6 is 0 Å². The van der Waals surface area contributed by atoms with Gasteiger partial charge in [-0.3, -0.25) is 4.79 Å². The van der Waals surface area contributed by atoms with E-state index in [-0.39, 0.29) is 30.1 Å². The molecule has 2 aliphatic heterocycles. The fourth-order valence-corrected chi connectivity index (χ4v) is 3.42. The zero-order valence-corrected chi connectivity index (χ0v) is 16.4. The van der Waals surface area contributed by atoms with Crippen LogP contribution in [-0.2, 0) is 9.53 Å². The van der Waals surface area contributed by atoms with E-state index in [0.717, 1.165) is 12.8 Å². The zero-order valence-electron chi connectivity index (χ0n) is 16.4. The second kappa shape index (κ2) is 7.69. The molecule has 1 fully saturated rings. The lowest BCUT2D eigenvalue weighted by Crippen LogP contribution is -2.46. The topological polar surface area (TPSA) is 96.4 Å². The minimum absolute atomic E-state index is 0.0594. The molecule has 0 atom stereocenters. The van der Waals surface area contributed by atoms with Gasteiger partial charge in [-0.25, -0.2) is 9.59 Å². The summed E-state index contributed by atoms with van der Waals surface area (Å²) in [5.41, 5.74) is 0.0761. The average molecular weight is 390 g/mol. The first-order valence-electron chi connectivity index (χ1n) is 9.42. The minimum atomic E-state index is -1.05. The molecule has 8 nitrogen and oxygen atoms in total. The monoisotopic (exact) mass is 390 g/mol. The highest BCUT2D eigenvalue weighted by molar-refractivity contribution is 5.99. The number of rotatable bonds is 3. The number of carbonyl (C=O) groups excluding carboxylic acids is 2. The number of anilines is 1. The number of nitrogens with zero attached hydrogens (tertiary/aromatic N) is 2. The van der Waals surface area contributed by atoms with E-state index < -0.39 is 11.6 Å². The summed E-state index contributed by atoms with van der Waals surface area (Å²) in [6.45, 7) is 7.07. The Bertz CT molecular complexity index is 777. The smallest absolute Gasteiger partial charge is 0.410 e. The fraction of sp³-hybridized carbons (Fsp3) is 0.550. The Morgan fingerprint density at radius 3 is 2.54 bits per heavy atom. The van der Waals surface area contributed by atoms with Gasteiger partial charge in [0.25, 0.3) is 5.91 Å². The van der Waals surface area contributed by atoms with Gasteiger partial charge in [0.05, 0.1) is 11.3 Å². The van der Waals surface area contributed by atoms with Crippen molar-refractivity contribution < 1.29 is 29.0 Å². The third kappa shape index (κ3) is 4.55. The average Bonchev–Trinajstić information content (AvgIpc) is 2.62. The van der Waals surface area contributed by atoms with Crippen LogP contribution in [-0.4, -0.2) is 59.8 Å². The Labute approximate surface area is 164 Å². The number of carboxylic acid groups (broad SMARTS) is 1. The Morgan fingerprint density at radius 1 is 1.25 bits per heavy atom. The third-order valence-corrected chi connectivity index (χ3v) is 4.86. The summed E-state index contributed by atoms with van der Waals surface area (Å²) in [6.07, 6.45) is 1.18. The van der Waals surface area contributed by atoms with Crippen molar-refractivity contribution in [3.8, 4) is 5.75 Å². The highest BCUT2D eigenvalue weighted by Gasteiger charge is 2.32. The van der Waals surface area contributed by atoms with Gasteiger partial charge in [-0.2, -0.15) is 0 Å². The maximum Gasteiger partial charge on any atom is 0.410 e. The molecule has 0 aliphatic carbocycles. The van der Waals surface area contributed by atoms with Gasteiger partial charge in [-0.1, -0.05) is 0 Å². The van der Waals surface area contributed by atoms with E-state index in [1.807, 2.05) is 20.8 Å². The molecule has 0 saturated carbocycles. The largest absolute Gasteiger partial charge is 0.482 e. The standard InChI is InChI=1S/C20H26N2O6/c1-20(2,3)28-19(26)21-8-6-13(7-9-21)11-22-15-10-14(18(24)25)4-5-16(15)27-12-17(22)23/h4-5,10,13H,6-9,11-12H2,1-3H3,(H,24,25). The van der Waals surface area contributed by atoms with Crippen LogP contribution in [0.15, 0.2) is 18.2 Å². The zero-order chi connectivity index (χ0) is 20.5. The van der Waals surface area contributed by atoms with Crippen molar-refractivity contribution in [3.05, 3.63) is 23.8 Å². The lowest BCUT2D eigenvalue weighted by molar-refractivity contribution is -0.121. The van der Waals surface area contributed by atoms with Crippen molar-refractivity contribution in [3.63, 3.8) is 0 Å². The van der Waals surface area contributed by atoms with Gasteiger partial charge in [-0.05, 0) is 57.7 Å². The predicted octanol–water partition coefficient (Wildman–Crippen LogP) is 2.76. The molecule has 1 aromatic rings. The lowest BCUT2D eigenvalue weighted by Gasteiger charge is -2.37. The van der Waals surface area contributed by atoms with E-state index in [4.69, 9.17) is 9.47 Å². The lowest BCUT2D eigenvalue weighted by atomic mass is 9.95. The summed E-state index contributed by atoms with van der Waals surface area (Å²) in [4.78, 5) is 39.2. The van der Waals surface area contributed by atoms with Gasteiger partial charge in [0, 0.05) is 19.6 Å². The van der Waals surface area contributed by atoms with Crippen LogP contribution in [0.4, 0.5) is 10.5 Å². The van der Waals surface area contributed by atoms with Crippen LogP contribution in [0.25, 0.3) is 0 Å². The van der Waals surface area contributed by atoms with Gasteiger partial charge in [-0.15, -0.1) is 0 Å². The molecule has 1 N–H and O–H groups in total. The molecular formula is C20H26N2O6. The molecule has 0 spiro atoms. The van der Waals surface area contributed by atoms with Crippen molar-refractivity contribution in [1.29, 1.82) is 0 Å². The summed E-state index contributed by atoms with van der Waals surface area (Å²) in [5, 5.41) is 9.23. The van der Waals surface area contributed by atoms with Crippen molar-refractivity contribution in [2.24, 2.45) is 5.92 Å². The Hall–Kier alpha value is -2.77. The van der Waals surface area contributed by atoms with E-state index in [0.29, 0.717) is 31.1 Å². The molecule has 0 aromatic heterocycles. The number of piperidine rings is 1. The molecular weight excluding hydrogens is 364 g/mol. The Morgan fingerprint density at radius 2 is 1.93 bits per heavy atom. The Balaban J connectivity index is 1.65. The number of ether oxygens (including phenoxy) is 2. The van der Waals surface area contributed by atoms with Crippen LogP contribution in [0.2, 0.25) is 0 Å². The molecule has 1 saturated heterocycles. The van der Waals surface area contributed by atoms with Crippen LogP contribution in [0, 0.1) is 5.92 Å². The number of amides is 2.